The van der Waals surface area contributed by atoms with Crippen molar-refractivity contribution in [2.45, 2.75) is 44.7 Å². The first-order valence-electron chi connectivity index (χ1n) is 4.55. The van der Waals surface area contributed by atoms with Crippen molar-refractivity contribution in [3.8, 4) is 0 Å². The van der Waals surface area contributed by atoms with Gasteiger partial charge in [-0.25, -0.2) is 0 Å². The Hall–Kier alpha value is -0.300. The van der Waals surface area contributed by atoms with Gasteiger partial charge in [-0.3, -0.25) is 0 Å². The lowest BCUT2D eigenvalue weighted by molar-refractivity contribution is 0.396. The molecule has 1 heterocycles. The second-order valence-electron chi connectivity index (χ2n) is 4.43. The maximum absolute atomic E-state index is 4.03. The Bertz CT molecular complexity index is 197. The number of nitrogens with one attached hydrogen (secondary N) is 1. The third-order valence-electron chi connectivity index (χ3n) is 3.42. The lowest BCUT2D eigenvalue weighted by Gasteiger charge is -2.23. The van der Waals surface area contributed by atoms with Gasteiger partial charge in [0.25, 0.3) is 0 Å². The number of fused-ring (bicyclic) bond motifs is 1. The van der Waals surface area contributed by atoms with Crippen LogP contribution < -0.4 is 5.32 Å². The van der Waals surface area contributed by atoms with E-state index in [-0.39, 0.29) is 0 Å². The summed E-state index contributed by atoms with van der Waals surface area (Å²) >= 11 is 0. The minimum Gasteiger partial charge on any atom is -0.305 e. The molecule has 0 unspecified atom stereocenters. The maximum Gasteiger partial charge on any atom is 0.0310 e. The van der Waals surface area contributed by atoms with Gasteiger partial charge in [-0.1, -0.05) is 12.2 Å². The van der Waals surface area contributed by atoms with E-state index in [0.29, 0.717) is 5.54 Å². The van der Waals surface area contributed by atoms with Crippen molar-refractivity contribution in [2.75, 3.05) is 0 Å². The molecule has 1 saturated carbocycles. The summed E-state index contributed by atoms with van der Waals surface area (Å²) in [4.78, 5) is 0. The zero-order chi connectivity index (χ0) is 8.06. The van der Waals surface area contributed by atoms with Crippen LogP contribution >= 0.6 is 0 Å². The van der Waals surface area contributed by atoms with Crippen molar-refractivity contribution in [2.24, 2.45) is 5.92 Å². The SMILES string of the molecule is C=C(C)[C@@H]1CC[C@]2(C)N[C@H]2C1. The van der Waals surface area contributed by atoms with E-state index >= 15 is 0 Å². The van der Waals surface area contributed by atoms with Gasteiger partial charge in [0.15, 0.2) is 0 Å². The fraction of sp³-hybridized carbons (Fsp3) is 0.800. The molecule has 2 fully saturated rings. The molecule has 0 aromatic carbocycles. The van der Waals surface area contributed by atoms with E-state index in [1.807, 2.05) is 0 Å². The third-order valence-corrected chi connectivity index (χ3v) is 3.42. The molecular formula is C10H17N. The van der Waals surface area contributed by atoms with Crippen LogP contribution in [0.2, 0.25) is 0 Å². The average molecular weight is 151 g/mol. The second kappa shape index (κ2) is 2.10. The molecule has 2 rings (SSSR count). The van der Waals surface area contributed by atoms with Gasteiger partial charge < -0.3 is 5.32 Å². The Kier molecular flexibility index (Phi) is 1.40. The number of hydrogen-bond donors (Lipinski definition) is 1. The Balaban J connectivity index is 1.98. The van der Waals surface area contributed by atoms with Crippen LogP contribution in [0.1, 0.15) is 33.1 Å². The molecule has 1 nitrogen and oxygen atoms in total. The van der Waals surface area contributed by atoms with E-state index < -0.39 is 0 Å². The molecule has 62 valence electrons. The molecule has 0 bridgehead atoms. The van der Waals surface area contributed by atoms with Crippen LogP contribution in [0, 0.1) is 5.92 Å². The molecule has 1 aliphatic heterocycles. The topological polar surface area (TPSA) is 21.9 Å². The van der Waals surface area contributed by atoms with Gasteiger partial charge in [-0.15, -0.1) is 0 Å². The molecule has 1 heteroatoms. The summed E-state index contributed by atoms with van der Waals surface area (Å²) in [6.45, 7) is 8.53. The Labute approximate surface area is 68.9 Å². The minimum absolute atomic E-state index is 0.520. The fourth-order valence-corrected chi connectivity index (χ4v) is 2.25. The van der Waals surface area contributed by atoms with Crippen LogP contribution in [-0.4, -0.2) is 11.6 Å². The number of allylic oxidation sites excluding steroid dienone is 1. The van der Waals surface area contributed by atoms with Crippen LogP contribution in [0.15, 0.2) is 12.2 Å². The molecule has 1 saturated heterocycles. The van der Waals surface area contributed by atoms with Crippen LogP contribution in [0.25, 0.3) is 0 Å². The third kappa shape index (κ3) is 1.12. The maximum atomic E-state index is 4.03. The standard InChI is InChI=1S/C10H17N/c1-7(2)8-4-5-10(3)9(6-8)11-10/h8-9,11H,1,4-6H2,2-3H3/t8-,9+,10+/m1/s1. The quantitative estimate of drug-likeness (QED) is 0.450. The molecule has 1 aliphatic carbocycles. The highest BCUT2D eigenvalue weighted by molar-refractivity contribution is 5.17. The summed E-state index contributed by atoms with van der Waals surface area (Å²) in [6.07, 6.45) is 4.01. The highest BCUT2D eigenvalue weighted by Crippen LogP contribution is 2.43. The predicted molar refractivity (Wildman–Crippen MR) is 47.5 cm³/mol. The molecule has 0 aromatic heterocycles. The lowest BCUT2D eigenvalue weighted by atomic mass is 9.80. The van der Waals surface area contributed by atoms with Crippen molar-refractivity contribution in [1.82, 2.24) is 5.32 Å². The van der Waals surface area contributed by atoms with Crippen molar-refractivity contribution < 1.29 is 0 Å². The summed E-state index contributed by atoms with van der Waals surface area (Å²) in [5.74, 6) is 0.795. The van der Waals surface area contributed by atoms with Gasteiger partial charge in [0, 0.05) is 11.6 Å². The van der Waals surface area contributed by atoms with Crippen LogP contribution in [0.5, 0.6) is 0 Å². The van der Waals surface area contributed by atoms with Crippen LogP contribution in [0.4, 0.5) is 0 Å². The Morgan fingerprint density at radius 3 is 2.91 bits per heavy atom. The van der Waals surface area contributed by atoms with Crippen molar-refractivity contribution in [1.29, 1.82) is 0 Å². The van der Waals surface area contributed by atoms with Crippen LogP contribution in [0.3, 0.4) is 0 Å². The molecule has 0 amide bonds. The Morgan fingerprint density at radius 1 is 1.64 bits per heavy atom. The number of rotatable bonds is 1. The summed E-state index contributed by atoms with van der Waals surface area (Å²) in [5, 5.41) is 3.55. The smallest absolute Gasteiger partial charge is 0.0310 e. The monoisotopic (exact) mass is 151 g/mol. The molecular weight excluding hydrogens is 134 g/mol. The van der Waals surface area contributed by atoms with E-state index in [1.165, 1.54) is 24.8 Å². The lowest BCUT2D eigenvalue weighted by Crippen LogP contribution is -2.21. The molecule has 0 aromatic rings. The van der Waals surface area contributed by atoms with Crippen molar-refractivity contribution >= 4 is 0 Å². The largest absolute Gasteiger partial charge is 0.305 e. The summed E-state index contributed by atoms with van der Waals surface area (Å²) < 4.78 is 0. The molecule has 1 N–H and O–H groups in total. The van der Waals surface area contributed by atoms with Gasteiger partial charge >= 0.3 is 0 Å². The van der Waals surface area contributed by atoms with E-state index in [2.05, 4.69) is 25.7 Å². The van der Waals surface area contributed by atoms with Crippen LogP contribution in [-0.2, 0) is 0 Å². The Morgan fingerprint density at radius 2 is 2.36 bits per heavy atom. The zero-order valence-corrected chi connectivity index (χ0v) is 7.48. The molecule has 3 atom stereocenters. The fourth-order valence-electron chi connectivity index (χ4n) is 2.25. The molecule has 0 radical (unpaired) electrons. The first kappa shape index (κ1) is 7.35. The first-order chi connectivity index (χ1) is 5.12. The summed E-state index contributed by atoms with van der Waals surface area (Å²) in [5.41, 5.74) is 1.90. The highest BCUT2D eigenvalue weighted by atomic mass is 15.2. The molecule has 0 spiro atoms. The second-order valence-corrected chi connectivity index (χ2v) is 4.43. The minimum atomic E-state index is 0.520. The normalized spacial score (nSPS) is 48.2. The number of hydrogen-bond acceptors (Lipinski definition) is 1. The average Bonchev–Trinajstić information content (AvgIpc) is 2.58. The van der Waals surface area contributed by atoms with E-state index in [9.17, 15) is 0 Å². The van der Waals surface area contributed by atoms with Gasteiger partial charge in [0.2, 0.25) is 0 Å². The van der Waals surface area contributed by atoms with Crippen molar-refractivity contribution in [3.63, 3.8) is 0 Å². The summed E-state index contributed by atoms with van der Waals surface area (Å²) in [7, 11) is 0. The van der Waals surface area contributed by atoms with E-state index in [0.717, 1.165) is 12.0 Å². The van der Waals surface area contributed by atoms with E-state index in [4.69, 9.17) is 0 Å². The highest BCUT2D eigenvalue weighted by Gasteiger charge is 2.52. The van der Waals surface area contributed by atoms with E-state index in [1.54, 1.807) is 0 Å². The van der Waals surface area contributed by atoms with Gasteiger partial charge in [0.05, 0.1) is 0 Å². The molecule has 11 heavy (non-hydrogen) atoms. The first-order valence-corrected chi connectivity index (χ1v) is 4.55. The van der Waals surface area contributed by atoms with Gasteiger partial charge in [-0.05, 0) is 39.0 Å². The van der Waals surface area contributed by atoms with Gasteiger partial charge in [0.1, 0.15) is 0 Å². The van der Waals surface area contributed by atoms with Crippen molar-refractivity contribution in [3.05, 3.63) is 12.2 Å². The predicted octanol–water partition coefficient (Wildman–Crippen LogP) is 2.09. The van der Waals surface area contributed by atoms with Gasteiger partial charge in [-0.2, -0.15) is 0 Å². The molecule has 2 aliphatic rings. The summed E-state index contributed by atoms with van der Waals surface area (Å²) in [6, 6.07) is 0.804. The zero-order valence-electron chi connectivity index (χ0n) is 7.48.